The lowest BCUT2D eigenvalue weighted by Crippen LogP contribution is -2.28. The van der Waals surface area contributed by atoms with Crippen LogP contribution < -0.4 is 10.9 Å². The minimum absolute atomic E-state index is 0.0319. The molecule has 2 aromatic carbocycles. The molecule has 0 aliphatic rings. The molecule has 0 aliphatic carbocycles. The number of rotatable bonds is 6. The van der Waals surface area contributed by atoms with Gasteiger partial charge in [0, 0.05) is 24.2 Å². The molecule has 0 radical (unpaired) electrons. The minimum Gasteiger partial charge on any atom is -0.349 e. The van der Waals surface area contributed by atoms with Gasteiger partial charge in [-0.15, -0.1) is 0 Å². The SMILES string of the molecule is CCn1nc(-c2ccccc2)c(C(C)=O)c(Nc2cc([N+](=O)[O-])ccc2Cl)c1=O. The molecule has 148 valence electrons. The number of Topliss-reactive ketones (excluding diaryl/α,β-unsaturated/α-hetero) is 1. The number of benzene rings is 2. The molecule has 3 rings (SSSR count). The van der Waals surface area contributed by atoms with E-state index in [1.807, 2.05) is 6.07 Å². The van der Waals surface area contributed by atoms with Crippen LogP contribution in [0.5, 0.6) is 0 Å². The number of aryl methyl sites for hydroxylation is 1. The highest BCUT2D eigenvalue weighted by Crippen LogP contribution is 2.32. The summed E-state index contributed by atoms with van der Waals surface area (Å²) in [6.45, 7) is 3.36. The summed E-state index contributed by atoms with van der Waals surface area (Å²) in [5.41, 5.74) is 0.475. The van der Waals surface area contributed by atoms with Crippen LogP contribution in [0.25, 0.3) is 11.3 Å². The number of halogens is 1. The third kappa shape index (κ3) is 4.02. The third-order valence-electron chi connectivity index (χ3n) is 4.28. The number of anilines is 2. The Morgan fingerprint density at radius 1 is 1.24 bits per heavy atom. The molecule has 0 saturated heterocycles. The number of hydrogen-bond donors (Lipinski definition) is 1. The van der Waals surface area contributed by atoms with Gasteiger partial charge < -0.3 is 5.32 Å². The predicted molar refractivity (Wildman–Crippen MR) is 111 cm³/mol. The van der Waals surface area contributed by atoms with Crippen molar-refractivity contribution in [3.8, 4) is 11.3 Å². The minimum atomic E-state index is -0.570. The number of nitro benzene ring substituents is 1. The quantitative estimate of drug-likeness (QED) is 0.364. The Kier molecular flexibility index (Phi) is 5.74. The van der Waals surface area contributed by atoms with Gasteiger partial charge in [-0.05, 0) is 19.9 Å². The normalized spacial score (nSPS) is 10.6. The van der Waals surface area contributed by atoms with E-state index in [0.29, 0.717) is 11.3 Å². The molecule has 0 aliphatic heterocycles. The van der Waals surface area contributed by atoms with Crippen molar-refractivity contribution in [1.29, 1.82) is 0 Å². The first-order valence-electron chi connectivity index (χ1n) is 8.76. The van der Waals surface area contributed by atoms with Crippen molar-refractivity contribution in [1.82, 2.24) is 9.78 Å². The molecule has 0 saturated carbocycles. The molecule has 0 amide bonds. The van der Waals surface area contributed by atoms with Crippen LogP contribution in [0.3, 0.4) is 0 Å². The Morgan fingerprint density at radius 3 is 2.52 bits per heavy atom. The Balaban J connectivity index is 2.28. The van der Waals surface area contributed by atoms with E-state index in [4.69, 9.17) is 11.6 Å². The third-order valence-corrected chi connectivity index (χ3v) is 4.60. The maximum atomic E-state index is 13.0. The molecule has 1 N–H and O–H groups in total. The van der Waals surface area contributed by atoms with E-state index < -0.39 is 10.5 Å². The maximum absolute atomic E-state index is 13.0. The molecule has 9 heteroatoms. The molecule has 0 unspecified atom stereocenters. The monoisotopic (exact) mass is 412 g/mol. The summed E-state index contributed by atoms with van der Waals surface area (Å²) in [7, 11) is 0. The zero-order valence-electron chi connectivity index (χ0n) is 15.7. The second kappa shape index (κ2) is 8.24. The van der Waals surface area contributed by atoms with E-state index in [-0.39, 0.29) is 40.0 Å². The van der Waals surface area contributed by atoms with Crippen molar-refractivity contribution in [3.63, 3.8) is 0 Å². The highest BCUT2D eigenvalue weighted by molar-refractivity contribution is 6.33. The van der Waals surface area contributed by atoms with E-state index in [1.165, 1.54) is 29.8 Å². The molecular formula is C20H17ClN4O4. The van der Waals surface area contributed by atoms with Crippen LogP contribution in [0.2, 0.25) is 5.02 Å². The number of nitrogens with zero attached hydrogens (tertiary/aromatic N) is 3. The Morgan fingerprint density at radius 2 is 1.93 bits per heavy atom. The number of hydrogen-bond acceptors (Lipinski definition) is 6. The molecule has 0 fully saturated rings. The summed E-state index contributed by atoms with van der Waals surface area (Å²) in [6.07, 6.45) is 0. The largest absolute Gasteiger partial charge is 0.349 e. The highest BCUT2D eigenvalue weighted by Gasteiger charge is 2.23. The van der Waals surface area contributed by atoms with Gasteiger partial charge in [0.1, 0.15) is 11.4 Å². The van der Waals surface area contributed by atoms with Crippen LogP contribution in [0, 0.1) is 10.1 Å². The lowest BCUT2D eigenvalue weighted by atomic mass is 10.0. The average molecular weight is 413 g/mol. The van der Waals surface area contributed by atoms with Gasteiger partial charge in [-0.25, -0.2) is 4.68 Å². The van der Waals surface area contributed by atoms with Crippen molar-refractivity contribution < 1.29 is 9.72 Å². The van der Waals surface area contributed by atoms with Gasteiger partial charge in [-0.3, -0.25) is 19.7 Å². The van der Waals surface area contributed by atoms with Crippen LogP contribution in [-0.2, 0) is 6.54 Å². The fourth-order valence-electron chi connectivity index (χ4n) is 2.90. The molecule has 0 spiro atoms. The van der Waals surface area contributed by atoms with Gasteiger partial charge in [-0.1, -0.05) is 41.9 Å². The fraction of sp³-hybridized carbons (Fsp3) is 0.150. The van der Waals surface area contributed by atoms with Gasteiger partial charge in [0.2, 0.25) is 0 Å². The molecule has 29 heavy (non-hydrogen) atoms. The van der Waals surface area contributed by atoms with E-state index in [0.717, 1.165) is 0 Å². The Bertz CT molecular complexity index is 1160. The van der Waals surface area contributed by atoms with Crippen molar-refractivity contribution in [3.05, 3.63) is 79.6 Å². The van der Waals surface area contributed by atoms with Crippen LogP contribution in [0.15, 0.2) is 53.3 Å². The molecule has 1 heterocycles. The van der Waals surface area contributed by atoms with E-state index >= 15 is 0 Å². The molecule has 0 bridgehead atoms. The number of ketones is 1. The second-order valence-corrected chi connectivity index (χ2v) is 6.60. The van der Waals surface area contributed by atoms with Gasteiger partial charge in [0.05, 0.1) is 21.2 Å². The summed E-state index contributed by atoms with van der Waals surface area (Å²) < 4.78 is 1.22. The van der Waals surface area contributed by atoms with Crippen LogP contribution in [0.4, 0.5) is 17.1 Å². The Labute approximate surface area is 170 Å². The summed E-state index contributed by atoms with van der Waals surface area (Å²) >= 11 is 6.17. The number of nitrogens with one attached hydrogen (secondary N) is 1. The molecular weight excluding hydrogens is 396 g/mol. The number of aromatic nitrogens is 2. The van der Waals surface area contributed by atoms with Gasteiger partial charge in [-0.2, -0.15) is 5.10 Å². The van der Waals surface area contributed by atoms with Gasteiger partial charge >= 0.3 is 0 Å². The maximum Gasteiger partial charge on any atom is 0.291 e. The summed E-state index contributed by atoms with van der Waals surface area (Å²) in [5, 5.41) is 18.5. The predicted octanol–water partition coefficient (Wildman–Crippen LogP) is 4.44. The van der Waals surface area contributed by atoms with Gasteiger partial charge in [0.25, 0.3) is 11.2 Å². The standard InChI is InChI=1S/C20H17ClN4O4/c1-3-24-20(27)19(22-16-11-14(25(28)29)9-10-15(16)21)17(12(2)26)18(23-24)13-7-5-4-6-8-13/h4-11,22H,3H2,1-2H3. The zero-order chi connectivity index (χ0) is 21.1. The highest BCUT2D eigenvalue weighted by atomic mass is 35.5. The lowest BCUT2D eigenvalue weighted by molar-refractivity contribution is -0.384. The van der Waals surface area contributed by atoms with E-state index in [9.17, 15) is 19.7 Å². The van der Waals surface area contributed by atoms with Crippen LogP contribution >= 0.6 is 11.6 Å². The summed E-state index contributed by atoms with van der Waals surface area (Å²) in [6, 6.07) is 12.8. The first-order valence-corrected chi connectivity index (χ1v) is 9.13. The van der Waals surface area contributed by atoms with Crippen molar-refractivity contribution >= 4 is 34.4 Å². The summed E-state index contributed by atoms with van der Waals surface area (Å²) in [4.78, 5) is 36.0. The number of non-ortho nitro benzene ring substituents is 1. The lowest BCUT2D eigenvalue weighted by Gasteiger charge is -2.16. The molecule has 0 atom stereocenters. The summed E-state index contributed by atoms with van der Waals surface area (Å²) in [5.74, 6) is -0.374. The number of carbonyl (C=O) groups is 1. The zero-order valence-corrected chi connectivity index (χ0v) is 16.4. The van der Waals surface area contributed by atoms with E-state index in [2.05, 4.69) is 10.4 Å². The van der Waals surface area contributed by atoms with Crippen molar-refractivity contribution in [2.24, 2.45) is 0 Å². The fourth-order valence-corrected chi connectivity index (χ4v) is 3.06. The van der Waals surface area contributed by atoms with Crippen LogP contribution in [0.1, 0.15) is 24.2 Å². The first kappa shape index (κ1) is 20.2. The molecule has 8 nitrogen and oxygen atoms in total. The second-order valence-electron chi connectivity index (χ2n) is 6.19. The first-order chi connectivity index (χ1) is 13.8. The van der Waals surface area contributed by atoms with Gasteiger partial charge in [0.15, 0.2) is 5.78 Å². The Hall–Kier alpha value is -3.52. The van der Waals surface area contributed by atoms with Crippen molar-refractivity contribution in [2.75, 3.05) is 5.32 Å². The number of carbonyl (C=O) groups excluding carboxylic acids is 1. The topological polar surface area (TPSA) is 107 Å². The van der Waals surface area contributed by atoms with E-state index in [1.54, 1.807) is 31.2 Å². The molecule has 3 aromatic rings. The average Bonchev–Trinajstić information content (AvgIpc) is 2.70. The molecule has 1 aromatic heterocycles. The van der Waals surface area contributed by atoms with Crippen LogP contribution in [-0.4, -0.2) is 20.5 Å². The van der Waals surface area contributed by atoms with Crippen molar-refractivity contribution in [2.45, 2.75) is 20.4 Å². The smallest absolute Gasteiger partial charge is 0.291 e. The number of nitro groups is 1.